The Kier molecular flexibility index (Phi) is 301. The van der Waals surface area contributed by atoms with Crippen LogP contribution in [0.25, 0.3) is 0 Å². The van der Waals surface area contributed by atoms with E-state index in [0.29, 0.717) is 0 Å². The number of terminal acetylenes is 1. The SMILES string of the molecule is C#CC.C=C(C)C.C=C(C)C.CC.CC.CC.CC.CC.CC.CC.CC.CC.CC.CC(C)C.CC=C(C)C.CCC.CCCC(C)CCC.Cc1cc(C)c(C)cc1C. The Labute approximate surface area is 402 Å². The minimum absolute atomic E-state index is 0.833. The monoisotopic (exact) mass is 873 g/mol. The topological polar surface area (TPSA) is 0 Å². The largest absolute Gasteiger partial charge is 0.120 e. The van der Waals surface area contributed by atoms with Gasteiger partial charge >= 0.3 is 0 Å². The van der Waals surface area contributed by atoms with E-state index in [-0.39, 0.29) is 0 Å². The molecule has 0 spiro atoms. The smallest absolute Gasteiger partial charge is 0.00297 e. The van der Waals surface area contributed by atoms with Crippen LogP contribution in [0.5, 0.6) is 0 Å². The third-order valence-electron chi connectivity index (χ3n) is 4.25. The predicted octanol–water partition coefficient (Wildman–Crippen LogP) is 25.3. The molecule has 0 atom stereocenters. The third kappa shape index (κ3) is 376. The maximum Gasteiger partial charge on any atom is -0.00297 e. The Morgan fingerprint density at radius 1 is 0.492 bits per heavy atom. The summed E-state index contributed by atoms with van der Waals surface area (Å²) in [5.74, 6) is 4.05. The summed E-state index contributed by atoms with van der Waals surface area (Å²) in [7, 11) is 0. The van der Waals surface area contributed by atoms with E-state index in [1.54, 1.807) is 6.92 Å². The van der Waals surface area contributed by atoms with Crippen molar-refractivity contribution >= 4 is 0 Å². The molecule has 0 heteroatoms. The van der Waals surface area contributed by atoms with Crippen LogP contribution < -0.4 is 0 Å². The molecule has 0 nitrogen and oxygen atoms in total. The van der Waals surface area contributed by atoms with Crippen molar-refractivity contribution < 1.29 is 0 Å². The van der Waals surface area contributed by atoms with Gasteiger partial charge in [0, 0.05) is 0 Å². The highest BCUT2D eigenvalue weighted by atomic mass is 14.0. The van der Waals surface area contributed by atoms with Crippen molar-refractivity contribution in [1.82, 2.24) is 0 Å². The number of rotatable bonds is 4. The summed E-state index contributed by atoms with van der Waals surface area (Å²) in [6.45, 7) is 89.1. The quantitative estimate of drug-likeness (QED) is 0.209. The average Bonchev–Trinajstić information content (AvgIpc) is 3.25. The van der Waals surface area contributed by atoms with Crippen molar-refractivity contribution in [3.63, 3.8) is 0 Å². The van der Waals surface area contributed by atoms with Gasteiger partial charge in [0.2, 0.25) is 0 Å². The van der Waals surface area contributed by atoms with Gasteiger partial charge in [-0.05, 0) is 117 Å². The van der Waals surface area contributed by atoms with Crippen LogP contribution in [0.3, 0.4) is 0 Å². The molecule has 384 valence electrons. The fourth-order valence-electron chi connectivity index (χ4n) is 2.23. The molecule has 0 amide bonds. The summed E-state index contributed by atoms with van der Waals surface area (Å²) < 4.78 is 0. The lowest BCUT2D eigenvalue weighted by Crippen LogP contribution is -1.91. The zero-order valence-electron chi connectivity index (χ0n) is 52.4. The Morgan fingerprint density at radius 3 is 0.656 bits per heavy atom. The van der Waals surface area contributed by atoms with Gasteiger partial charge in [-0.1, -0.05) is 261 Å². The minimum atomic E-state index is 0.833. The van der Waals surface area contributed by atoms with Gasteiger partial charge in [0.1, 0.15) is 0 Å². The number of hydrogen-bond donors (Lipinski definition) is 0. The summed E-state index contributed by atoms with van der Waals surface area (Å²) in [6, 6.07) is 4.48. The van der Waals surface area contributed by atoms with Crippen LogP contribution >= 0.6 is 0 Å². The molecule has 1 rings (SSSR count). The van der Waals surface area contributed by atoms with Crippen LogP contribution in [0, 0.1) is 51.9 Å². The van der Waals surface area contributed by atoms with E-state index in [0.717, 1.165) is 11.8 Å². The molecular weight excluding hydrogens is 733 g/mol. The van der Waals surface area contributed by atoms with Crippen LogP contribution in [0.1, 0.15) is 304 Å². The Morgan fingerprint density at radius 2 is 0.590 bits per heavy atom. The zero-order chi connectivity index (χ0) is 54.6. The predicted molar refractivity (Wildman–Crippen MR) is 315 cm³/mol. The van der Waals surface area contributed by atoms with Crippen LogP contribution in [0.15, 0.2) is 48.1 Å². The van der Waals surface area contributed by atoms with E-state index in [9.17, 15) is 0 Å². The Bertz CT molecular complexity index is 651. The zero-order valence-corrected chi connectivity index (χ0v) is 52.4. The van der Waals surface area contributed by atoms with Gasteiger partial charge in [0.15, 0.2) is 0 Å². The first-order chi connectivity index (χ1) is 28.7. The molecule has 1 aromatic carbocycles. The van der Waals surface area contributed by atoms with Crippen LogP contribution in [-0.4, -0.2) is 0 Å². The second-order valence-electron chi connectivity index (χ2n) is 12.2. The summed E-state index contributed by atoms with van der Waals surface area (Å²) in [5, 5.41) is 0. The average molecular weight is 874 g/mol. The molecule has 0 saturated carbocycles. The molecule has 0 aliphatic rings. The second-order valence-corrected chi connectivity index (χ2v) is 12.2. The molecule has 0 aromatic heterocycles. The number of hydrogen-bond acceptors (Lipinski definition) is 0. The van der Waals surface area contributed by atoms with Crippen molar-refractivity contribution in [3.05, 3.63) is 70.3 Å². The van der Waals surface area contributed by atoms with E-state index >= 15 is 0 Å². The first-order valence-electron chi connectivity index (χ1n) is 26.0. The van der Waals surface area contributed by atoms with Crippen molar-refractivity contribution in [1.29, 1.82) is 0 Å². The first kappa shape index (κ1) is 113. The standard InChI is InChI=1S/C10H14.C8H18.C5H10.C4H10.2C4H8.C3H8.C3H4.10C2H6/c1-7-5-9(3)10(4)6-8(7)2;1-4-6-8(3)7-5-2;1-4-5(2)3;3*1-4(2)3;2*1-3-2;10*1-2/h5-6H,1-4H3;8H,4-7H2,1-3H3;4H,1-3H3;4H,1-3H3;2*1H2,2-3H3;3H2,1-2H3;1H,2H3;10*1-2H3. The van der Waals surface area contributed by atoms with Crippen molar-refractivity contribution in [2.24, 2.45) is 11.8 Å². The number of benzene rings is 1. The van der Waals surface area contributed by atoms with E-state index < -0.39 is 0 Å². The van der Waals surface area contributed by atoms with E-state index in [4.69, 9.17) is 0 Å². The van der Waals surface area contributed by atoms with Crippen molar-refractivity contribution in [3.8, 4) is 12.3 Å². The van der Waals surface area contributed by atoms with E-state index in [1.165, 1.54) is 71.1 Å². The normalized spacial score (nSPS) is 6.44. The molecule has 0 saturated heterocycles. The van der Waals surface area contributed by atoms with Crippen LogP contribution in [-0.2, 0) is 0 Å². The molecule has 0 heterocycles. The van der Waals surface area contributed by atoms with Crippen molar-refractivity contribution in [2.45, 2.75) is 309 Å². The highest BCUT2D eigenvalue weighted by molar-refractivity contribution is 5.35. The highest BCUT2D eigenvalue weighted by Crippen LogP contribution is 2.13. The molecule has 0 radical (unpaired) electrons. The lowest BCUT2D eigenvalue weighted by atomic mass is 10.0. The third-order valence-corrected chi connectivity index (χ3v) is 4.25. The molecule has 0 N–H and O–H groups in total. The maximum atomic E-state index is 4.60. The minimum Gasteiger partial charge on any atom is -0.120 e. The van der Waals surface area contributed by atoms with E-state index in [2.05, 4.69) is 141 Å². The van der Waals surface area contributed by atoms with Gasteiger partial charge in [0.25, 0.3) is 0 Å². The van der Waals surface area contributed by atoms with Gasteiger partial charge in [0.05, 0.1) is 0 Å². The van der Waals surface area contributed by atoms with Gasteiger partial charge in [-0.3, -0.25) is 0 Å². The summed E-state index contributed by atoms with van der Waals surface area (Å²) in [6.07, 6.45) is 13.4. The van der Waals surface area contributed by atoms with Crippen LogP contribution in [0.2, 0.25) is 0 Å². The molecule has 61 heavy (non-hydrogen) atoms. The maximum absolute atomic E-state index is 4.60. The molecule has 0 fully saturated rings. The molecule has 0 unspecified atom stereocenters. The summed E-state index contributed by atoms with van der Waals surface area (Å²) in [5.41, 5.74) is 9.28. The Hall–Kier alpha value is -2.00. The Balaban J connectivity index is -0.0000000233. The molecule has 0 aliphatic carbocycles. The number of aryl methyl sites for hydroxylation is 4. The fourth-order valence-corrected chi connectivity index (χ4v) is 2.23. The number of allylic oxidation sites excluding steroid dienone is 4. The lowest BCUT2D eigenvalue weighted by Gasteiger charge is -2.05. The van der Waals surface area contributed by atoms with Crippen LogP contribution in [0.4, 0.5) is 0 Å². The summed E-state index contributed by atoms with van der Waals surface area (Å²) >= 11 is 0. The van der Waals surface area contributed by atoms with Gasteiger partial charge in [-0.15, -0.1) is 25.5 Å². The molecule has 0 bridgehead atoms. The molecule has 0 aliphatic heterocycles. The van der Waals surface area contributed by atoms with Gasteiger partial charge < -0.3 is 0 Å². The lowest BCUT2D eigenvalue weighted by molar-refractivity contribution is 0.480. The second kappa shape index (κ2) is 163. The van der Waals surface area contributed by atoms with Crippen molar-refractivity contribution in [2.75, 3.05) is 0 Å². The van der Waals surface area contributed by atoms with Gasteiger partial charge in [-0.2, -0.15) is 0 Å². The molecule has 1 aromatic rings. The highest BCUT2D eigenvalue weighted by Gasteiger charge is 1.96. The first-order valence-corrected chi connectivity index (χ1v) is 26.0. The molecular formula is C61H140. The fraction of sp³-hybridized carbons (Fsp3) is 0.770. The summed E-state index contributed by atoms with van der Waals surface area (Å²) in [4.78, 5) is 0. The van der Waals surface area contributed by atoms with Gasteiger partial charge in [-0.25, -0.2) is 0 Å². The van der Waals surface area contributed by atoms with E-state index in [1.807, 2.05) is 173 Å².